The zero-order valence-electron chi connectivity index (χ0n) is 11.8. The first-order valence-electron chi connectivity index (χ1n) is 7.02. The van der Waals surface area contributed by atoms with Crippen LogP contribution in [-0.2, 0) is 0 Å². The van der Waals surface area contributed by atoms with Crippen molar-refractivity contribution in [2.45, 2.75) is 33.1 Å². The van der Waals surface area contributed by atoms with Gasteiger partial charge in [-0.25, -0.2) is 4.98 Å². The molecule has 0 bridgehead atoms. The number of rotatable bonds is 1. The largest absolute Gasteiger partial charge is 0.337 e. The van der Waals surface area contributed by atoms with Gasteiger partial charge in [0, 0.05) is 23.8 Å². The van der Waals surface area contributed by atoms with Gasteiger partial charge in [-0.3, -0.25) is 9.20 Å². The number of aryl methyl sites for hydroxylation is 2. The zero-order chi connectivity index (χ0) is 14.3. The van der Waals surface area contributed by atoms with E-state index in [1.54, 1.807) is 0 Å². The molecule has 0 spiro atoms. The summed E-state index contributed by atoms with van der Waals surface area (Å²) < 4.78 is 2.89. The lowest BCUT2D eigenvalue weighted by Gasteiger charge is -2.26. The molecule has 5 heteroatoms. The minimum absolute atomic E-state index is 0.104. The summed E-state index contributed by atoms with van der Waals surface area (Å²) in [6, 6.07) is 2.02. The van der Waals surface area contributed by atoms with Gasteiger partial charge in [0.25, 0.3) is 5.91 Å². The lowest BCUT2D eigenvalue weighted by Crippen LogP contribution is -2.36. The maximum absolute atomic E-state index is 12.8. The molecule has 2 aromatic rings. The summed E-state index contributed by atoms with van der Waals surface area (Å²) in [6.45, 7) is 5.65. The number of hydrogen-bond donors (Lipinski definition) is 0. The topological polar surface area (TPSA) is 37.6 Å². The second-order valence-corrected chi connectivity index (χ2v) is 6.35. The van der Waals surface area contributed by atoms with Crippen molar-refractivity contribution in [3.63, 3.8) is 0 Å². The number of carbonyl (C=O) groups excluding carboxylic acids is 1. The number of piperidine rings is 1. The summed E-state index contributed by atoms with van der Waals surface area (Å²) in [7, 11) is 0. The third kappa shape index (κ3) is 2.24. The van der Waals surface area contributed by atoms with Crippen LogP contribution in [-0.4, -0.2) is 33.3 Å². The molecule has 0 saturated carbocycles. The fourth-order valence-electron chi connectivity index (χ4n) is 2.89. The molecule has 3 heterocycles. The SMILES string of the molecule is Cc1nc2c(C)cc(Br)cn2c1C(=O)N1CCCCC1. The Morgan fingerprint density at radius 1 is 1.25 bits per heavy atom. The van der Waals surface area contributed by atoms with Gasteiger partial charge in [-0.2, -0.15) is 0 Å². The predicted molar refractivity (Wildman–Crippen MR) is 82.1 cm³/mol. The van der Waals surface area contributed by atoms with Crippen LogP contribution in [0.15, 0.2) is 16.7 Å². The van der Waals surface area contributed by atoms with Crippen molar-refractivity contribution in [2.24, 2.45) is 0 Å². The van der Waals surface area contributed by atoms with Gasteiger partial charge < -0.3 is 4.90 Å². The summed E-state index contributed by atoms with van der Waals surface area (Å²) in [4.78, 5) is 19.3. The minimum Gasteiger partial charge on any atom is -0.337 e. The smallest absolute Gasteiger partial charge is 0.272 e. The van der Waals surface area contributed by atoms with Crippen molar-refractivity contribution >= 4 is 27.5 Å². The van der Waals surface area contributed by atoms with E-state index in [-0.39, 0.29) is 5.91 Å². The van der Waals surface area contributed by atoms with Gasteiger partial charge in [0.1, 0.15) is 11.3 Å². The first-order chi connectivity index (χ1) is 9.58. The highest BCUT2D eigenvalue weighted by Crippen LogP contribution is 2.22. The Balaban J connectivity index is 2.10. The molecule has 0 N–H and O–H groups in total. The van der Waals surface area contributed by atoms with E-state index in [0.29, 0.717) is 5.69 Å². The van der Waals surface area contributed by atoms with Crippen molar-refractivity contribution in [3.05, 3.63) is 33.7 Å². The van der Waals surface area contributed by atoms with Gasteiger partial charge in [-0.05, 0) is 60.7 Å². The molecule has 4 nitrogen and oxygen atoms in total. The van der Waals surface area contributed by atoms with Gasteiger partial charge in [-0.1, -0.05) is 0 Å². The number of fused-ring (bicyclic) bond motifs is 1. The molecule has 1 saturated heterocycles. The van der Waals surface area contributed by atoms with Gasteiger partial charge in [0.05, 0.1) is 5.69 Å². The molecule has 0 aliphatic carbocycles. The molecule has 1 aliphatic rings. The van der Waals surface area contributed by atoms with E-state index in [9.17, 15) is 4.79 Å². The second-order valence-electron chi connectivity index (χ2n) is 5.43. The van der Waals surface area contributed by atoms with Crippen molar-refractivity contribution in [1.82, 2.24) is 14.3 Å². The summed E-state index contributed by atoms with van der Waals surface area (Å²) in [5.41, 5.74) is 3.44. The molecule has 3 rings (SSSR count). The Hall–Kier alpha value is -1.36. The maximum atomic E-state index is 12.8. The number of pyridine rings is 1. The fraction of sp³-hybridized carbons (Fsp3) is 0.467. The zero-order valence-corrected chi connectivity index (χ0v) is 13.4. The Morgan fingerprint density at radius 2 is 1.95 bits per heavy atom. The van der Waals surface area contributed by atoms with Crippen LogP contribution in [0.4, 0.5) is 0 Å². The number of aromatic nitrogens is 2. The van der Waals surface area contributed by atoms with Crippen LogP contribution in [0.1, 0.15) is 41.0 Å². The van der Waals surface area contributed by atoms with Crippen LogP contribution in [0.2, 0.25) is 0 Å². The van der Waals surface area contributed by atoms with E-state index < -0.39 is 0 Å². The lowest BCUT2D eigenvalue weighted by atomic mass is 10.1. The predicted octanol–water partition coefficient (Wildman–Crippen LogP) is 3.34. The van der Waals surface area contributed by atoms with Crippen LogP contribution in [0, 0.1) is 13.8 Å². The number of carbonyl (C=O) groups is 1. The van der Waals surface area contributed by atoms with Crippen LogP contribution in [0.3, 0.4) is 0 Å². The molecule has 1 aliphatic heterocycles. The number of nitrogens with zero attached hydrogens (tertiary/aromatic N) is 3. The molecule has 106 valence electrons. The van der Waals surface area contributed by atoms with E-state index >= 15 is 0 Å². The summed E-state index contributed by atoms with van der Waals surface area (Å²) in [5.74, 6) is 0.104. The normalized spacial score (nSPS) is 15.8. The molecule has 20 heavy (non-hydrogen) atoms. The average Bonchev–Trinajstić information content (AvgIpc) is 2.76. The molecule has 0 atom stereocenters. The number of amides is 1. The third-order valence-electron chi connectivity index (χ3n) is 3.89. The lowest BCUT2D eigenvalue weighted by molar-refractivity contribution is 0.0716. The van der Waals surface area contributed by atoms with E-state index in [2.05, 4.69) is 20.9 Å². The van der Waals surface area contributed by atoms with E-state index in [1.807, 2.05) is 35.4 Å². The highest BCUT2D eigenvalue weighted by molar-refractivity contribution is 9.10. The highest BCUT2D eigenvalue weighted by atomic mass is 79.9. The van der Waals surface area contributed by atoms with Gasteiger partial charge in [-0.15, -0.1) is 0 Å². The highest BCUT2D eigenvalue weighted by Gasteiger charge is 2.24. The van der Waals surface area contributed by atoms with E-state index in [0.717, 1.165) is 47.3 Å². The van der Waals surface area contributed by atoms with E-state index in [1.165, 1.54) is 6.42 Å². The van der Waals surface area contributed by atoms with Crippen molar-refractivity contribution in [2.75, 3.05) is 13.1 Å². The Kier molecular flexibility index (Phi) is 3.54. The van der Waals surface area contributed by atoms with Crippen LogP contribution >= 0.6 is 15.9 Å². The molecule has 2 aromatic heterocycles. The van der Waals surface area contributed by atoms with Crippen molar-refractivity contribution in [1.29, 1.82) is 0 Å². The molecular formula is C15H18BrN3O. The van der Waals surface area contributed by atoms with Gasteiger partial charge in [0.2, 0.25) is 0 Å². The third-order valence-corrected chi connectivity index (χ3v) is 4.32. The Labute approximate surface area is 126 Å². The number of imidazole rings is 1. The molecular weight excluding hydrogens is 318 g/mol. The van der Waals surface area contributed by atoms with Crippen LogP contribution < -0.4 is 0 Å². The Morgan fingerprint density at radius 3 is 2.65 bits per heavy atom. The van der Waals surface area contributed by atoms with Crippen molar-refractivity contribution in [3.8, 4) is 0 Å². The monoisotopic (exact) mass is 335 g/mol. The quantitative estimate of drug-likeness (QED) is 0.801. The second kappa shape index (κ2) is 5.20. The fourth-order valence-corrected chi connectivity index (χ4v) is 3.43. The molecule has 1 amide bonds. The first kappa shape index (κ1) is 13.6. The molecule has 1 fully saturated rings. The van der Waals surface area contributed by atoms with Crippen LogP contribution in [0.25, 0.3) is 5.65 Å². The van der Waals surface area contributed by atoms with Crippen molar-refractivity contribution < 1.29 is 4.79 Å². The number of hydrogen-bond acceptors (Lipinski definition) is 2. The first-order valence-corrected chi connectivity index (χ1v) is 7.81. The average molecular weight is 336 g/mol. The summed E-state index contributed by atoms with van der Waals surface area (Å²) in [6.07, 6.45) is 5.36. The Bertz CT molecular complexity index is 671. The maximum Gasteiger partial charge on any atom is 0.272 e. The van der Waals surface area contributed by atoms with E-state index in [4.69, 9.17) is 0 Å². The van der Waals surface area contributed by atoms with Gasteiger partial charge in [0.15, 0.2) is 0 Å². The minimum atomic E-state index is 0.104. The molecule has 0 unspecified atom stereocenters. The molecule has 0 radical (unpaired) electrons. The molecule has 0 aromatic carbocycles. The number of likely N-dealkylation sites (tertiary alicyclic amines) is 1. The summed E-state index contributed by atoms with van der Waals surface area (Å²) in [5, 5.41) is 0. The van der Waals surface area contributed by atoms with Crippen LogP contribution in [0.5, 0.6) is 0 Å². The standard InChI is InChI=1S/C15H18BrN3O/c1-10-8-12(16)9-19-13(11(2)17-14(10)19)15(20)18-6-4-3-5-7-18/h8-9H,3-7H2,1-2H3. The number of halogens is 1. The van der Waals surface area contributed by atoms with Gasteiger partial charge >= 0.3 is 0 Å². The summed E-state index contributed by atoms with van der Waals surface area (Å²) >= 11 is 3.50.